The zero-order valence-corrected chi connectivity index (χ0v) is 18.0. The van der Waals surface area contributed by atoms with E-state index in [1.54, 1.807) is 30.3 Å². The zero-order valence-electron chi connectivity index (χ0n) is 17.2. The third-order valence-corrected chi connectivity index (χ3v) is 5.63. The second-order valence-electron chi connectivity index (χ2n) is 7.34. The molecule has 8 heteroatoms. The molecule has 1 aromatic heterocycles. The van der Waals surface area contributed by atoms with Crippen LogP contribution in [-0.4, -0.2) is 20.8 Å². The largest absolute Gasteiger partial charge is 0.494 e. The minimum absolute atomic E-state index is 0.0427. The summed E-state index contributed by atoms with van der Waals surface area (Å²) < 4.78 is 1.25. The standard InChI is InChI=1S/C24H18ClN3O4/c1-14-7-9-17(11-15(14)2)27-23(29)19-6-4-3-5-18(19)20(24(27)30)13-26-16-8-10-22(28(31)32)21(25)12-16/h3-13,30H,1-2H3. The second-order valence-corrected chi connectivity index (χ2v) is 7.75. The van der Waals surface area contributed by atoms with Crippen LogP contribution in [0.1, 0.15) is 16.7 Å². The van der Waals surface area contributed by atoms with E-state index < -0.39 is 4.92 Å². The highest BCUT2D eigenvalue weighted by Gasteiger charge is 2.17. The van der Waals surface area contributed by atoms with E-state index in [-0.39, 0.29) is 22.1 Å². The Bertz CT molecular complexity index is 1470. The van der Waals surface area contributed by atoms with Crippen molar-refractivity contribution in [2.24, 2.45) is 4.99 Å². The van der Waals surface area contributed by atoms with Crippen LogP contribution in [0.25, 0.3) is 16.5 Å². The first-order chi connectivity index (χ1) is 15.3. The summed E-state index contributed by atoms with van der Waals surface area (Å²) in [6.45, 7) is 3.90. The van der Waals surface area contributed by atoms with Gasteiger partial charge in [-0.25, -0.2) is 4.57 Å². The Morgan fingerprint density at radius 1 is 1.03 bits per heavy atom. The van der Waals surface area contributed by atoms with Gasteiger partial charge in [-0.2, -0.15) is 0 Å². The average Bonchev–Trinajstić information content (AvgIpc) is 2.76. The van der Waals surface area contributed by atoms with Gasteiger partial charge in [0.15, 0.2) is 0 Å². The molecule has 0 bridgehead atoms. The Hall–Kier alpha value is -3.97. The number of fused-ring (bicyclic) bond motifs is 1. The fraction of sp³-hybridized carbons (Fsp3) is 0.0833. The summed E-state index contributed by atoms with van der Waals surface area (Å²) in [4.78, 5) is 27.9. The number of nitro groups is 1. The Morgan fingerprint density at radius 2 is 1.75 bits per heavy atom. The third kappa shape index (κ3) is 3.74. The predicted octanol–water partition coefficient (Wildman–Crippen LogP) is 5.63. The van der Waals surface area contributed by atoms with Crippen LogP contribution in [-0.2, 0) is 0 Å². The van der Waals surface area contributed by atoms with Gasteiger partial charge in [-0.15, -0.1) is 0 Å². The third-order valence-electron chi connectivity index (χ3n) is 5.32. The first-order valence-electron chi connectivity index (χ1n) is 9.70. The topological polar surface area (TPSA) is 97.7 Å². The molecule has 0 saturated heterocycles. The van der Waals surface area contributed by atoms with Crippen LogP contribution in [0.5, 0.6) is 5.88 Å². The van der Waals surface area contributed by atoms with E-state index in [0.29, 0.717) is 27.7 Å². The molecule has 0 atom stereocenters. The zero-order chi connectivity index (χ0) is 23.0. The molecule has 32 heavy (non-hydrogen) atoms. The van der Waals surface area contributed by atoms with Crippen molar-refractivity contribution in [3.8, 4) is 11.6 Å². The Morgan fingerprint density at radius 3 is 2.41 bits per heavy atom. The molecule has 1 heterocycles. The van der Waals surface area contributed by atoms with E-state index in [2.05, 4.69) is 4.99 Å². The summed E-state index contributed by atoms with van der Waals surface area (Å²) in [7, 11) is 0. The number of benzene rings is 3. The summed E-state index contributed by atoms with van der Waals surface area (Å²) in [5.74, 6) is -0.256. The number of aliphatic imine (C=N–C) groups is 1. The lowest BCUT2D eigenvalue weighted by Crippen LogP contribution is -2.20. The summed E-state index contributed by atoms with van der Waals surface area (Å²) in [5, 5.41) is 23.0. The summed E-state index contributed by atoms with van der Waals surface area (Å²) >= 11 is 5.98. The maximum Gasteiger partial charge on any atom is 0.288 e. The summed E-state index contributed by atoms with van der Waals surface area (Å²) in [5.41, 5.74) is 2.73. The molecule has 0 amide bonds. The molecule has 0 spiro atoms. The minimum Gasteiger partial charge on any atom is -0.494 e. The number of aromatic hydroxyl groups is 1. The fourth-order valence-corrected chi connectivity index (χ4v) is 3.70. The van der Waals surface area contributed by atoms with Crippen molar-refractivity contribution in [3.63, 3.8) is 0 Å². The van der Waals surface area contributed by atoms with Gasteiger partial charge in [0.1, 0.15) is 5.02 Å². The maximum absolute atomic E-state index is 13.2. The maximum atomic E-state index is 13.2. The van der Waals surface area contributed by atoms with E-state index >= 15 is 0 Å². The quantitative estimate of drug-likeness (QED) is 0.249. The number of hydrogen-bond donors (Lipinski definition) is 1. The SMILES string of the molecule is Cc1ccc(-n2c(O)c(C=Nc3ccc([N+](=O)[O-])c(Cl)c3)c3ccccc3c2=O)cc1C. The number of aromatic nitrogens is 1. The number of rotatable bonds is 4. The van der Waals surface area contributed by atoms with Crippen molar-refractivity contribution < 1.29 is 10.0 Å². The van der Waals surface area contributed by atoms with Gasteiger partial charge in [-0.3, -0.25) is 19.9 Å². The Balaban J connectivity index is 1.92. The molecule has 0 fully saturated rings. The van der Waals surface area contributed by atoms with Gasteiger partial charge >= 0.3 is 0 Å². The molecular formula is C24H18ClN3O4. The Kier molecular flexibility index (Phi) is 5.50. The van der Waals surface area contributed by atoms with E-state index in [4.69, 9.17) is 11.6 Å². The lowest BCUT2D eigenvalue weighted by Gasteiger charge is -2.14. The van der Waals surface area contributed by atoms with E-state index in [9.17, 15) is 20.0 Å². The Labute approximate surface area is 188 Å². The number of nitrogens with zero attached hydrogens (tertiary/aromatic N) is 3. The summed E-state index contributed by atoms with van der Waals surface area (Å²) in [6.07, 6.45) is 1.42. The highest BCUT2D eigenvalue weighted by Crippen LogP contribution is 2.30. The van der Waals surface area contributed by atoms with Gasteiger partial charge in [0.2, 0.25) is 5.88 Å². The van der Waals surface area contributed by atoms with Crippen LogP contribution in [0.3, 0.4) is 0 Å². The first-order valence-corrected chi connectivity index (χ1v) is 10.1. The van der Waals surface area contributed by atoms with Crippen LogP contribution >= 0.6 is 11.6 Å². The van der Waals surface area contributed by atoms with Gasteiger partial charge < -0.3 is 5.11 Å². The van der Waals surface area contributed by atoms with Gasteiger partial charge in [-0.1, -0.05) is 35.9 Å². The monoisotopic (exact) mass is 447 g/mol. The van der Waals surface area contributed by atoms with E-state index in [1.165, 1.54) is 29.0 Å². The molecule has 0 aliphatic rings. The van der Waals surface area contributed by atoms with Gasteiger partial charge in [0.25, 0.3) is 11.2 Å². The van der Waals surface area contributed by atoms with Crippen molar-refractivity contribution in [2.75, 3.05) is 0 Å². The number of hydrogen-bond acceptors (Lipinski definition) is 5. The van der Waals surface area contributed by atoms with Crippen molar-refractivity contribution in [1.29, 1.82) is 0 Å². The predicted molar refractivity (Wildman–Crippen MR) is 126 cm³/mol. The smallest absolute Gasteiger partial charge is 0.288 e. The van der Waals surface area contributed by atoms with Crippen molar-refractivity contribution in [1.82, 2.24) is 4.57 Å². The number of halogens is 1. The first kappa shape index (κ1) is 21.3. The molecule has 160 valence electrons. The molecule has 3 aromatic carbocycles. The van der Waals surface area contributed by atoms with Crippen LogP contribution in [0.2, 0.25) is 5.02 Å². The van der Waals surface area contributed by atoms with Crippen molar-refractivity contribution in [2.45, 2.75) is 13.8 Å². The summed E-state index contributed by atoms with van der Waals surface area (Å²) in [6, 6.07) is 16.5. The van der Waals surface area contributed by atoms with Crippen LogP contribution < -0.4 is 5.56 Å². The average molecular weight is 448 g/mol. The van der Waals surface area contributed by atoms with Gasteiger partial charge in [0.05, 0.1) is 21.9 Å². The van der Waals surface area contributed by atoms with Crippen LogP contribution in [0.4, 0.5) is 11.4 Å². The highest BCUT2D eigenvalue weighted by atomic mass is 35.5. The molecule has 7 nitrogen and oxygen atoms in total. The van der Waals surface area contributed by atoms with Gasteiger partial charge in [0, 0.05) is 23.1 Å². The highest BCUT2D eigenvalue weighted by molar-refractivity contribution is 6.32. The number of aryl methyl sites for hydroxylation is 2. The van der Waals surface area contributed by atoms with E-state index in [0.717, 1.165) is 11.1 Å². The molecule has 1 N–H and O–H groups in total. The molecule has 0 aliphatic heterocycles. The number of pyridine rings is 1. The molecule has 0 aliphatic carbocycles. The van der Waals surface area contributed by atoms with Crippen molar-refractivity contribution >= 4 is 40.0 Å². The van der Waals surface area contributed by atoms with Gasteiger partial charge in [-0.05, 0) is 55.3 Å². The lowest BCUT2D eigenvalue weighted by molar-refractivity contribution is -0.384. The molecular weight excluding hydrogens is 430 g/mol. The lowest BCUT2D eigenvalue weighted by atomic mass is 10.1. The molecule has 0 unspecified atom stereocenters. The van der Waals surface area contributed by atoms with Crippen molar-refractivity contribution in [3.05, 3.63) is 103 Å². The van der Waals surface area contributed by atoms with Crippen LogP contribution in [0, 0.1) is 24.0 Å². The van der Waals surface area contributed by atoms with Crippen LogP contribution in [0.15, 0.2) is 70.5 Å². The molecule has 4 aromatic rings. The number of nitro benzene ring substituents is 1. The second kappa shape index (κ2) is 8.28. The fourth-order valence-electron chi connectivity index (χ4n) is 3.46. The molecule has 0 radical (unpaired) electrons. The molecule has 4 rings (SSSR count). The van der Waals surface area contributed by atoms with E-state index in [1.807, 2.05) is 26.0 Å². The minimum atomic E-state index is -0.575. The molecule has 0 saturated carbocycles. The normalized spacial score (nSPS) is 11.3.